The van der Waals surface area contributed by atoms with Gasteiger partial charge in [0.2, 0.25) is 5.91 Å². The van der Waals surface area contributed by atoms with Gasteiger partial charge < -0.3 is 15.0 Å². The molecule has 0 radical (unpaired) electrons. The first-order valence-electron chi connectivity index (χ1n) is 8.09. The molecule has 0 saturated carbocycles. The number of ether oxygens (including phenoxy) is 1. The van der Waals surface area contributed by atoms with E-state index in [0.717, 1.165) is 4.47 Å². The minimum absolute atomic E-state index is 0.0866. The van der Waals surface area contributed by atoms with Crippen molar-refractivity contribution in [3.05, 3.63) is 52.5 Å². The van der Waals surface area contributed by atoms with Gasteiger partial charge in [-0.25, -0.2) is 8.42 Å². The highest BCUT2D eigenvalue weighted by Gasteiger charge is 2.22. The van der Waals surface area contributed by atoms with Crippen LogP contribution < -0.4 is 14.8 Å². The molecule has 0 spiro atoms. The molecule has 0 atom stereocenters. The van der Waals surface area contributed by atoms with Crippen LogP contribution in [-0.4, -0.2) is 52.9 Å². The molecule has 0 fully saturated rings. The minimum Gasteiger partial charge on any atom is -0.495 e. The second-order valence-electron chi connectivity index (χ2n) is 5.95. The lowest BCUT2D eigenvalue weighted by Crippen LogP contribution is -2.36. The van der Waals surface area contributed by atoms with Crippen LogP contribution in [0.15, 0.2) is 51.8 Å². The molecule has 0 unspecified atom stereocenters. The first-order valence-corrected chi connectivity index (χ1v) is 10.4. The average molecular weight is 470 g/mol. The van der Waals surface area contributed by atoms with Crippen molar-refractivity contribution in [2.75, 3.05) is 32.5 Å². The van der Waals surface area contributed by atoms with Gasteiger partial charge in [-0.2, -0.15) is 0 Å². The molecule has 0 heterocycles. The Balaban J connectivity index is 2.29. The smallest absolute Gasteiger partial charge is 0.265 e. The Hall–Kier alpha value is -2.59. The number of anilines is 1. The third-order valence-corrected chi connectivity index (χ3v) is 5.64. The number of amides is 2. The number of nitrogens with zero attached hydrogens (tertiary/aromatic N) is 1. The minimum atomic E-state index is -4.02. The van der Waals surface area contributed by atoms with Crippen LogP contribution in [0.2, 0.25) is 0 Å². The summed E-state index contributed by atoms with van der Waals surface area (Å²) in [5.74, 6) is -0.768. The Bertz CT molecular complexity index is 975. The molecule has 2 aromatic rings. The summed E-state index contributed by atoms with van der Waals surface area (Å²) in [5, 5.41) is 2.46. The highest BCUT2D eigenvalue weighted by Crippen LogP contribution is 2.27. The maximum Gasteiger partial charge on any atom is 0.265 e. The summed E-state index contributed by atoms with van der Waals surface area (Å²) in [5.41, 5.74) is 0.445. The SMILES string of the molecule is COc1ccc(C(=O)NCC(=O)N(C)C)cc1S(=O)(=O)Nc1ccc(Br)cc1. The third kappa shape index (κ3) is 5.46. The number of hydrogen-bond donors (Lipinski definition) is 2. The van der Waals surface area contributed by atoms with E-state index >= 15 is 0 Å². The molecule has 8 nitrogen and oxygen atoms in total. The number of likely N-dealkylation sites (N-methyl/N-ethyl adjacent to an activating group) is 1. The number of rotatable bonds is 7. The molecule has 2 aromatic carbocycles. The van der Waals surface area contributed by atoms with Crippen LogP contribution in [-0.2, 0) is 14.8 Å². The average Bonchev–Trinajstić information content (AvgIpc) is 2.66. The zero-order valence-electron chi connectivity index (χ0n) is 15.5. The van der Waals surface area contributed by atoms with Crippen molar-refractivity contribution in [1.82, 2.24) is 10.2 Å². The first kappa shape index (κ1) is 21.7. The van der Waals surface area contributed by atoms with Crippen molar-refractivity contribution >= 4 is 43.5 Å². The molecule has 0 aliphatic rings. The molecule has 0 aliphatic heterocycles. The van der Waals surface area contributed by atoms with E-state index in [0.29, 0.717) is 5.69 Å². The van der Waals surface area contributed by atoms with Crippen LogP contribution in [0.1, 0.15) is 10.4 Å². The number of carbonyl (C=O) groups is 2. The Morgan fingerprint density at radius 2 is 1.75 bits per heavy atom. The standard InChI is InChI=1S/C18H20BrN3O5S/c1-22(2)17(23)11-20-18(24)12-4-9-15(27-3)16(10-12)28(25,26)21-14-7-5-13(19)6-8-14/h4-10,21H,11H2,1-3H3,(H,20,24). The van der Waals surface area contributed by atoms with Gasteiger partial charge in [-0.15, -0.1) is 0 Å². The van der Waals surface area contributed by atoms with Gasteiger partial charge >= 0.3 is 0 Å². The van der Waals surface area contributed by atoms with Gasteiger partial charge in [0.1, 0.15) is 10.6 Å². The molecule has 0 bridgehead atoms. The Morgan fingerprint density at radius 3 is 2.32 bits per heavy atom. The number of sulfonamides is 1. The van der Waals surface area contributed by atoms with Gasteiger partial charge in [0.05, 0.1) is 13.7 Å². The number of carbonyl (C=O) groups excluding carboxylic acids is 2. The van der Waals surface area contributed by atoms with Gasteiger partial charge in [0.15, 0.2) is 0 Å². The van der Waals surface area contributed by atoms with E-state index in [1.165, 1.54) is 30.2 Å². The Labute approximate surface area is 172 Å². The highest BCUT2D eigenvalue weighted by atomic mass is 79.9. The normalized spacial score (nSPS) is 10.9. The number of benzene rings is 2. The first-order chi connectivity index (χ1) is 13.1. The van der Waals surface area contributed by atoms with Crippen LogP contribution >= 0.6 is 15.9 Å². The number of hydrogen-bond acceptors (Lipinski definition) is 5. The summed E-state index contributed by atoms with van der Waals surface area (Å²) >= 11 is 3.28. The predicted octanol–water partition coefficient (Wildman–Crippen LogP) is 2.08. The van der Waals surface area contributed by atoms with Crippen LogP contribution in [0.25, 0.3) is 0 Å². The van der Waals surface area contributed by atoms with E-state index in [-0.39, 0.29) is 28.7 Å². The molecule has 2 amide bonds. The third-order valence-electron chi connectivity index (χ3n) is 3.71. The van der Waals surface area contributed by atoms with Gasteiger partial charge in [0, 0.05) is 29.8 Å². The fraction of sp³-hybridized carbons (Fsp3) is 0.222. The largest absolute Gasteiger partial charge is 0.495 e. The summed E-state index contributed by atoms with van der Waals surface area (Å²) in [6.45, 7) is -0.197. The van der Waals surface area contributed by atoms with Gasteiger partial charge in [-0.1, -0.05) is 15.9 Å². The number of halogens is 1. The van der Waals surface area contributed by atoms with Crippen LogP contribution in [0.3, 0.4) is 0 Å². The zero-order valence-corrected chi connectivity index (χ0v) is 17.9. The second-order valence-corrected chi connectivity index (χ2v) is 8.52. The fourth-order valence-electron chi connectivity index (χ4n) is 2.17. The quantitative estimate of drug-likeness (QED) is 0.645. The van der Waals surface area contributed by atoms with E-state index in [1.54, 1.807) is 38.4 Å². The number of methoxy groups -OCH3 is 1. The number of nitrogens with one attached hydrogen (secondary N) is 2. The highest BCUT2D eigenvalue weighted by molar-refractivity contribution is 9.10. The van der Waals surface area contributed by atoms with Crippen molar-refractivity contribution in [1.29, 1.82) is 0 Å². The summed E-state index contributed by atoms with van der Waals surface area (Å²) < 4.78 is 34.0. The van der Waals surface area contributed by atoms with Crippen LogP contribution in [0.5, 0.6) is 5.75 Å². The molecule has 28 heavy (non-hydrogen) atoms. The zero-order chi connectivity index (χ0) is 20.9. The van der Waals surface area contributed by atoms with E-state index in [4.69, 9.17) is 4.74 Å². The monoisotopic (exact) mass is 469 g/mol. The molecule has 0 aromatic heterocycles. The predicted molar refractivity (Wildman–Crippen MR) is 109 cm³/mol. The van der Waals surface area contributed by atoms with Gasteiger partial charge in [0.25, 0.3) is 15.9 Å². The molecule has 10 heteroatoms. The van der Waals surface area contributed by atoms with Crippen LogP contribution in [0.4, 0.5) is 5.69 Å². The maximum atomic E-state index is 12.8. The van der Waals surface area contributed by atoms with E-state index in [2.05, 4.69) is 26.0 Å². The summed E-state index contributed by atoms with van der Waals surface area (Å²) in [6, 6.07) is 10.6. The lowest BCUT2D eigenvalue weighted by Gasteiger charge is -2.14. The van der Waals surface area contributed by atoms with Gasteiger partial charge in [-0.3, -0.25) is 14.3 Å². The van der Waals surface area contributed by atoms with Crippen molar-refractivity contribution < 1.29 is 22.7 Å². The van der Waals surface area contributed by atoms with E-state index < -0.39 is 15.9 Å². The maximum absolute atomic E-state index is 12.8. The summed E-state index contributed by atoms with van der Waals surface area (Å²) in [6.07, 6.45) is 0. The molecular formula is C18H20BrN3O5S. The fourth-order valence-corrected chi connectivity index (χ4v) is 3.69. The molecule has 2 N–H and O–H groups in total. The molecule has 0 aliphatic carbocycles. The van der Waals surface area contributed by atoms with E-state index in [9.17, 15) is 18.0 Å². The topological polar surface area (TPSA) is 105 Å². The van der Waals surface area contributed by atoms with E-state index in [1.807, 2.05) is 0 Å². The van der Waals surface area contributed by atoms with Crippen LogP contribution in [0, 0.1) is 0 Å². The Morgan fingerprint density at radius 1 is 1.11 bits per heavy atom. The lowest BCUT2D eigenvalue weighted by atomic mass is 10.2. The lowest BCUT2D eigenvalue weighted by molar-refractivity contribution is -0.127. The molecular weight excluding hydrogens is 450 g/mol. The summed E-state index contributed by atoms with van der Waals surface area (Å²) in [4.78, 5) is 25.1. The van der Waals surface area contributed by atoms with Crippen molar-refractivity contribution in [3.63, 3.8) is 0 Å². The second kappa shape index (κ2) is 9.07. The Kier molecular flexibility index (Phi) is 7.03. The van der Waals surface area contributed by atoms with Gasteiger partial charge in [-0.05, 0) is 42.5 Å². The molecule has 0 saturated heterocycles. The van der Waals surface area contributed by atoms with Crippen molar-refractivity contribution in [3.8, 4) is 5.75 Å². The van der Waals surface area contributed by atoms with Crippen molar-refractivity contribution in [2.24, 2.45) is 0 Å². The summed E-state index contributed by atoms with van der Waals surface area (Å²) in [7, 11) is 0.461. The van der Waals surface area contributed by atoms with Crippen molar-refractivity contribution in [2.45, 2.75) is 4.90 Å². The molecule has 2 rings (SSSR count). The molecule has 150 valence electrons.